The summed E-state index contributed by atoms with van der Waals surface area (Å²) in [5.74, 6) is 0.334. The zero-order chi connectivity index (χ0) is 20.5. The maximum absolute atomic E-state index is 12.2. The summed E-state index contributed by atoms with van der Waals surface area (Å²) in [6.07, 6.45) is 1.64. The van der Waals surface area contributed by atoms with Crippen molar-refractivity contribution < 1.29 is 19.2 Å². The van der Waals surface area contributed by atoms with Gasteiger partial charge in [-0.3, -0.25) is 9.78 Å². The largest absolute Gasteiger partial charge is 0.497 e. The summed E-state index contributed by atoms with van der Waals surface area (Å²) >= 11 is 0. The molecule has 1 heterocycles. The maximum atomic E-state index is 12.2. The standard InChI is InChI=1S/C20H24N4O4/c1-13-7-6-8-16(19(24-27-5)20(25)21-3)17(13)12-28-23-14(2)18-11-15(26-4)9-10-22-18/h6-11H,12H2,1-5H3,(H,21,25)/b23-14+,24-19+. The Morgan fingerprint density at radius 1 is 1.21 bits per heavy atom. The highest BCUT2D eigenvalue weighted by Crippen LogP contribution is 2.18. The van der Waals surface area contributed by atoms with Gasteiger partial charge >= 0.3 is 0 Å². The van der Waals surface area contributed by atoms with Gasteiger partial charge in [0.05, 0.1) is 12.8 Å². The highest BCUT2D eigenvalue weighted by molar-refractivity contribution is 6.45. The van der Waals surface area contributed by atoms with Gasteiger partial charge in [0.2, 0.25) is 0 Å². The minimum absolute atomic E-state index is 0.156. The molecule has 1 N–H and O–H groups in total. The highest BCUT2D eigenvalue weighted by atomic mass is 16.6. The van der Waals surface area contributed by atoms with Crippen LogP contribution in [0.4, 0.5) is 0 Å². The third kappa shape index (κ3) is 5.06. The first-order valence-electron chi connectivity index (χ1n) is 8.60. The van der Waals surface area contributed by atoms with Gasteiger partial charge in [0.25, 0.3) is 5.91 Å². The molecule has 0 saturated carbocycles. The second-order valence-electron chi connectivity index (χ2n) is 5.83. The Balaban J connectivity index is 2.26. The molecule has 0 unspecified atom stereocenters. The summed E-state index contributed by atoms with van der Waals surface area (Å²) in [5.41, 5.74) is 3.77. The second kappa shape index (κ2) is 10.1. The van der Waals surface area contributed by atoms with E-state index in [9.17, 15) is 4.79 Å². The Kier molecular flexibility index (Phi) is 7.50. The average molecular weight is 384 g/mol. The Morgan fingerprint density at radius 2 is 2.00 bits per heavy atom. The highest BCUT2D eigenvalue weighted by Gasteiger charge is 2.19. The van der Waals surface area contributed by atoms with Gasteiger partial charge in [-0.2, -0.15) is 0 Å². The summed E-state index contributed by atoms with van der Waals surface area (Å²) in [7, 11) is 4.52. The molecule has 0 fully saturated rings. The van der Waals surface area contributed by atoms with E-state index in [0.717, 1.165) is 11.1 Å². The number of nitrogens with zero attached hydrogens (tertiary/aromatic N) is 3. The van der Waals surface area contributed by atoms with Crippen LogP contribution >= 0.6 is 0 Å². The monoisotopic (exact) mass is 384 g/mol. The lowest BCUT2D eigenvalue weighted by Gasteiger charge is -2.13. The number of carbonyl (C=O) groups excluding carboxylic acids is 1. The van der Waals surface area contributed by atoms with Crippen molar-refractivity contribution in [2.75, 3.05) is 21.3 Å². The zero-order valence-corrected chi connectivity index (χ0v) is 16.6. The van der Waals surface area contributed by atoms with E-state index in [4.69, 9.17) is 14.4 Å². The van der Waals surface area contributed by atoms with Gasteiger partial charge in [-0.25, -0.2) is 0 Å². The molecule has 0 aliphatic heterocycles. The molecule has 2 rings (SSSR count). The molecule has 28 heavy (non-hydrogen) atoms. The second-order valence-corrected chi connectivity index (χ2v) is 5.83. The van der Waals surface area contributed by atoms with Crippen molar-refractivity contribution in [2.45, 2.75) is 20.5 Å². The molecule has 0 atom stereocenters. The molecule has 148 valence electrons. The third-order valence-electron chi connectivity index (χ3n) is 4.04. The molecule has 0 spiro atoms. The van der Waals surface area contributed by atoms with Gasteiger partial charge in [-0.15, -0.1) is 0 Å². The quantitative estimate of drug-likeness (QED) is 0.557. The Bertz CT molecular complexity index is 894. The number of amides is 1. The molecule has 0 aliphatic carbocycles. The first kappa shape index (κ1) is 20.9. The van der Waals surface area contributed by atoms with Crippen LogP contribution in [0.15, 0.2) is 46.8 Å². The summed E-state index contributed by atoms with van der Waals surface area (Å²) in [5, 5.41) is 10.6. The summed E-state index contributed by atoms with van der Waals surface area (Å²) in [6.45, 7) is 3.88. The van der Waals surface area contributed by atoms with Crippen LogP contribution in [0.25, 0.3) is 0 Å². The molecule has 1 amide bonds. The first-order chi connectivity index (χ1) is 13.5. The molecule has 8 heteroatoms. The van der Waals surface area contributed by atoms with Gasteiger partial charge < -0.3 is 19.7 Å². The summed E-state index contributed by atoms with van der Waals surface area (Å²) in [6, 6.07) is 9.09. The number of hydrogen-bond acceptors (Lipinski definition) is 7. The predicted molar refractivity (Wildman–Crippen MR) is 107 cm³/mol. The molecular weight excluding hydrogens is 360 g/mol. The lowest BCUT2D eigenvalue weighted by atomic mass is 9.98. The van der Waals surface area contributed by atoms with E-state index in [1.54, 1.807) is 38.4 Å². The minimum atomic E-state index is -0.353. The van der Waals surface area contributed by atoms with Crippen molar-refractivity contribution >= 4 is 17.3 Å². The van der Waals surface area contributed by atoms with Crippen LogP contribution in [0.1, 0.15) is 29.3 Å². The molecule has 1 aromatic carbocycles. The van der Waals surface area contributed by atoms with Crippen LogP contribution in [-0.2, 0) is 21.1 Å². The Labute approximate surface area is 164 Å². The molecule has 0 bridgehead atoms. The van der Waals surface area contributed by atoms with E-state index in [1.165, 1.54) is 14.2 Å². The number of rotatable bonds is 8. The van der Waals surface area contributed by atoms with E-state index < -0.39 is 0 Å². The van der Waals surface area contributed by atoms with Crippen LogP contribution in [0.5, 0.6) is 5.75 Å². The topological polar surface area (TPSA) is 94.4 Å². The number of nitrogens with one attached hydrogen (secondary N) is 1. The lowest BCUT2D eigenvalue weighted by Crippen LogP contribution is -2.29. The van der Waals surface area contributed by atoms with E-state index in [1.807, 2.05) is 19.1 Å². The van der Waals surface area contributed by atoms with Gasteiger partial charge in [0.15, 0.2) is 5.71 Å². The molecule has 2 aromatic rings. The molecule has 8 nitrogen and oxygen atoms in total. The number of aryl methyl sites for hydroxylation is 1. The minimum Gasteiger partial charge on any atom is -0.497 e. The fourth-order valence-corrected chi connectivity index (χ4v) is 2.51. The van der Waals surface area contributed by atoms with Crippen molar-refractivity contribution in [2.24, 2.45) is 10.3 Å². The maximum Gasteiger partial charge on any atom is 0.273 e. The number of aromatic nitrogens is 1. The van der Waals surface area contributed by atoms with E-state index >= 15 is 0 Å². The number of oxime groups is 2. The Hall–Kier alpha value is -3.42. The summed E-state index contributed by atoms with van der Waals surface area (Å²) in [4.78, 5) is 26.8. The van der Waals surface area contributed by atoms with Crippen molar-refractivity contribution in [3.63, 3.8) is 0 Å². The third-order valence-corrected chi connectivity index (χ3v) is 4.04. The van der Waals surface area contributed by atoms with Gasteiger partial charge in [0, 0.05) is 30.4 Å². The number of ether oxygens (including phenoxy) is 1. The lowest BCUT2D eigenvalue weighted by molar-refractivity contribution is -0.114. The van der Waals surface area contributed by atoms with E-state index in [0.29, 0.717) is 22.7 Å². The number of pyridine rings is 1. The fourth-order valence-electron chi connectivity index (χ4n) is 2.51. The van der Waals surface area contributed by atoms with Crippen LogP contribution in [0.2, 0.25) is 0 Å². The molecular formula is C20H24N4O4. The molecule has 0 aliphatic rings. The van der Waals surface area contributed by atoms with Crippen molar-refractivity contribution in [3.8, 4) is 5.75 Å². The van der Waals surface area contributed by atoms with Crippen LogP contribution in [0.3, 0.4) is 0 Å². The normalized spacial score (nSPS) is 11.8. The smallest absolute Gasteiger partial charge is 0.273 e. The Morgan fingerprint density at radius 3 is 2.68 bits per heavy atom. The average Bonchev–Trinajstić information content (AvgIpc) is 2.72. The molecule has 1 aromatic heterocycles. The zero-order valence-electron chi connectivity index (χ0n) is 16.6. The van der Waals surface area contributed by atoms with Gasteiger partial charge in [-0.1, -0.05) is 28.5 Å². The molecule has 0 radical (unpaired) electrons. The number of carbonyl (C=O) groups is 1. The number of benzene rings is 1. The predicted octanol–water partition coefficient (Wildman–Crippen LogP) is 2.44. The fraction of sp³-hybridized carbons (Fsp3) is 0.300. The van der Waals surface area contributed by atoms with Crippen molar-refractivity contribution in [1.29, 1.82) is 0 Å². The van der Waals surface area contributed by atoms with Crippen LogP contribution in [-0.4, -0.2) is 43.6 Å². The SMILES string of the molecule is CNC(=O)/C(=N/OC)c1cccc(C)c1CO/N=C(\C)c1cc(OC)ccn1. The van der Waals surface area contributed by atoms with Gasteiger partial charge in [0.1, 0.15) is 25.2 Å². The van der Waals surface area contributed by atoms with Crippen molar-refractivity contribution in [3.05, 3.63) is 58.9 Å². The first-order valence-corrected chi connectivity index (χ1v) is 8.60. The van der Waals surface area contributed by atoms with E-state index in [-0.39, 0.29) is 18.2 Å². The van der Waals surface area contributed by atoms with Crippen LogP contribution < -0.4 is 10.1 Å². The number of methoxy groups -OCH3 is 1. The number of likely N-dealkylation sites (N-methyl/N-ethyl adjacent to an activating group) is 1. The van der Waals surface area contributed by atoms with Crippen molar-refractivity contribution in [1.82, 2.24) is 10.3 Å². The van der Waals surface area contributed by atoms with E-state index in [2.05, 4.69) is 20.6 Å². The summed E-state index contributed by atoms with van der Waals surface area (Å²) < 4.78 is 5.19. The molecule has 0 saturated heterocycles. The number of hydrogen-bond donors (Lipinski definition) is 1. The van der Waals surface area contributed by atoms with Crippen LogP contribution in [0, 0.1) is 6.92 Å². The van der Waals surface area contributed by atoms with Gasteiger partial charge in [-0.05, 0) is 25.5 Å².